The van der Waals surface area contributed by atoms with Crippen molar-refractivity contribution in [3.8, 4) is 11.5 Å². The molecule has 94 valence electrons. The molecule has 3 nitrogen and oxygen atoms in total. The quantitative estimate of drug-likeness (QED) is 0.793. The van der Waals surface area contributed by atoms with Crippen LogP contribution in [0.3, 0.4) is 0 Å². The fourth-order valence-electron chi connectivity index (χ4n) is 1.26. The summed E-state index contributed by atoms with van der Waals surface area (Å²) in [6, 6.07) is 2.32. The number of hydrogen-bond acceptors (Lipinski definition) is 3. The summed E-state index contributed by atoms with van der Waals surface area (Å²) in [6.07, 6.45) is 2.80. The van der Waals surface area contributed by atoms with Gasteiger partial charge in [0.15, 0.2) is 17.3 Å². The van der Waals surface area contributed by atoms with Crippen LogP contribution < -0.4 is 10.5 Å². The molecule has 0 atom stereocenters. The van der Waals surface area contributed by atoms with E-state index in [-0.39, 0.29) is 17.2 Å². The molecule has 0 aliphatic heterocycles. The van der Waals surface area contributed by atoms with E-state index in [1.54, 1.807) is 0 Å². The van der Waals surface area contributed by atoms with E-state index in [9.17, 15) is 8.78 Å². The van der Waals surface area contributed by atoms with Crippen LogP contribution in [0.4, 0.5) is 14.5 Å². The fourth-order valence-corrected chi connectivity index (χ4v) is 2.10. The molecule has 0 aliphatic rings. The summed E-state index contributed by atoms with van der Waals surface area (Å²) < 4.78 is 32.8. The summed E-state index contributed by atoms with van der Waals surface area (Å²) in [4.78, 5) is 3.81. The lowest BCUT2D eigenvalue weighted by atomic mass is 10.3. The minimum atomic E-state index is -1.08. The first kappa shape index (κ1) is 13.2. The molecule has 1 aromatic carbocycles. The predicted octanol–water partition coefficient (Wildman–Crippen LogP) is 4.26. The van der Waals surface area contributed by atoms with Crippen LogP contribution in [0, 0.1) is 11.6 Å². The second kappa shape index (κ2) is 5.19. The average molecular weight is 380 g/mol. The molecule has 2 N–H and O–H groups in total. The zero-order valence-corrected chi connectivity index (χ0v) is 11.9. The molecule has 0 amide bonds. The highest BCUT2D eigenvalue weighted by molar-refractivity contribution is 9.10. The minimum absolute atomic E-state index is 0.182. The SMILES string of the molecule is Nc1cncc(Br)c1Oc1cc(Br)cc(F)c1F. The Kier molecular flexibility index (Phi) is 3.82. The van der Waals surface area contributed by atoms with E-state index in [4.69, 9.17) is 10.5 Å². The van der Waals surface area contributed by atoms with E-state index < -0.39 is 11.6 Å². The molecular formula is C11H6Br2F2N2O. The largest absolute Gasteiger partial charge is 0.451 e. The van der Waals surface area contributed by atoms with Crippen molar-refractivity contribution in [1.82, 2.24) is 4.98 Å². The number of nitrogen functional groups attached to an aromatic ring is 1. The van der Waals surface area contributed by atoms with E-state index in [1.807, 2.05) is 0 Å². The number of pyridine rings is 1. The molecule has 1 heterocycles. The van der Waals surface area contributed by atoms with Gasteiger partial charge in [-0.2, -0.15) is 4.39 Å². The van der Waals surface area contributed by atoms with Gasteiger partial charge in [0.05, 0.1) is 16.4 Å². The van der Waals surface area contributed by atoms with E-state index >= 15 is 0 Å². The van der Waals surface area contributed by atoms with Crippen LogP contribution >= 0.6 is 31.9 Å². The number of rotatable bonds is 2. The maximum Gasteiger partial charge on any atom is 0.201 e. The Balaban J connectivity index is 2.46. The number of hydrogen-bond donors (Lipinski definition) is 1. The van der Waals surface area contributed by atoms with Gasteiger partial charge in [-0.05, 0) is 28.1 Å². The maximum atomic E-state index is 13.5. The van der Waals surface area contributed by atoms with Crippen molar-refractivity contribution in [1.29, 1.82) is 0 Å². The standard InChI is InChI=1S/C11H6Br2F2N2O/c12-5-1-7(14)10(15)9(2-5)18-11-6(13)3-17-4-8(11)16/h1-4H,16H2. The molecule has 2 rings (SSSR count). The summed E-state index contributed by atoms with van der Waals surface area (Å²) in [5.74, 6) is -2.17. The monoisotopic (exact) mass is 378 g/mol. The molecule has 0 aliphatic carbocycles. The zero-order chi connectivity index (χ0) is 13.3. The molecule has 0 saturated heterocycles. The van der Waals surface area contributed by atoms with Crippen LogP contribution in [0.25, 0.3) is 0 Å². The van der Waals surface area contributed by atoms with Crippen molar-refractivity contribution >= 4 is 37.5 Å². The third-order valence-electron chi connectivity index (χ3n) is 2.05. The van der Waals surface area contributed by atoms with Gasteiger partial charge in [-0.3, -0.25) is 4.98 Å². The van der Waals surface area contributed by atoms with Crippen LogP contribution in [0.1, 0.15) is 0 Å². The highest BCUT2D eigenvalue weighted by Gasteiger charge is 2.15. The lowest BCUT2D eigenvalue weighted by Crippen LogP contribution is -1.97. The fraction of sp³-hybridized carbons (Fsp3) is 0. The van der Waals surface area contributed by atoms with Gasteiger partial charge in [-0.1, -0.05) is 15.9 Å². The Labute approximate surface area is 118 Å². The summed E-state index contributed by atoms with van der Waals surface area (Å²) in [5, 5.41) is 0. The minimum Gasteiger partial charge on any atom is -0.451 e. The summed E-state index contributed by atoms with van der Waals surface area (Å²) >= 11 is 6.23. The first-order valence-electron chi connectivity index (χ1n) is 4.70. The van der Waals surface area contributed by atoms with E-state index in [1.165, 1.54) is 18.5 Å². The summed E-state index contributed by atoms with van der Waals surface area (Å²) in [6.45, 7) is 0. The van der Waals surface area contributed by atoms with Crippen LogP contribution in [-0.2, 0) is 0 Å². The number of benzene rings is 1. The van der Waals surface area contributed by atoms with Crippen LogP contribution in [0.2, 0.25) is 0 Å². The molecule has 18 heavy (non-hydrogen) atoms. The van der Waals surface area contributed by atoms with E-state index in [0.29, 0.717) is 8.95 Å². The van der Waals surface area contributed by atoms with Crippen LogP contribution in [0.15, 0.2) is 33.5 Å². The van der Waals surface area contributed by atoms with Gasteiger partial charge < -0.3 is 10.5 Å². The van der Waals surface area contributed by atoms with Crippen molar-refractivity contribution < 1.29 is 13.5 Å². The van der Waals surface area contributed by atoms with Gasteiger partial charge in [0.2, 0.25) is 5.82 Å². The second-order valence-corrected chi connectivity index (χ2v) is 5.11. The smallest absolute Gasteiger partial charge is 0.201 e. The Hall–Kier alpha value is -1.21. The van der Waals surface area contributed by atoms with Crippen molar-refractivity contribution in [2.75, 3.05) is 5.73 Å². The first-order valence-corrected chi connectivity index (χ1v) is 6.29. The number of nitrogens with zero attached hydrogens (tertiary/aromatic N) is 1. The molecule has 0 fully saturated rings. The van der Waals surface area contributed by atoms with Gasteiger partial charge in [0, 0.05) is 10.7 Å². The van der Waals surface area contributed by atoms with Crippen molar-refractivity contribution in [2.45, 2.75) is 0 Å². The number of nitrogens with two attached hydrogens (primary N) is 1. The number of anilines is 1. The van der Waals surface area contributed by atoms with Gasteiger partial charge in [-0.15, -0.1) is 0 Å². The Morgan fingerprint density at radius 1 is 1.17 bits per heavy atom. The van der Waals surface area contributed by atoms with E-state index in [0.717, 1.165) is 6.07 Å². The number of ether oxygens (including phenoxy) is 1. The first-order chi connectivity index (χ1) is 8.49. The third kappa shape index (κ3) is 2.62. The van der Waals surface area contributed by atoms with Crippen LogP contribution in [0.5, 0.6) is 11.5 Å². The van der Waals surface area contributed by atoms with Gasteiger partial charge in [-0.25, -0.2) is 4.39 Å². The molecule has 0 radical (unpaired) electrons. The Bertz CT molecular complexity index is 588. The molecule has 0 saturated carbocycles. The summed E-state index contributed by atoms with van der Waals surface area (Å²) in [5.41, 5.74) is 5.86. The average Bonchev–Trinajstić information content (AvgIpc) is 2.30. The second-order valence-electron chi connectivity index (χ2n) is 3.34. The van der Waals surface area contributed by atoms with Gasteiger partial charge >= 0.3 is 0 Å². The highest BCUT2D eigenvalue weighted by Crippen LogP contribution is 2.36. The van der Waals surface area contributed by atoms with Crippen LogP contribution in [-0.4, -0.2) is 4.98 Å². The van der Waals surface area contributed by atoms with Crippen molar-refractivity contribution in [3.05, 3.63) is 45.1 Å². The molecule has 0 bridgehead atoms. The molecule has 1 aromatic heterocycles. The third-order valence-corrected chi connectivity index (χ3v) is 3.07. The van der Waals surface area contributed by atoms with Crippen molar-refractivity contribution in [3.63, 3.8) is 0 Å². The number of halogens is 4. The molecule has 0 unspecified atom stereocenters. The number of aromatic nitrogens is 1. The van der Waals surface area contributed by atoms with Gasteiger partial charge in [0.1, 0.15) is 0 Å². The van der Waals surface area contributed by atoms with E-state index in [2.05, 4.69) is 36.8 Å². The Morgan fingerprint density at radius 3 is 2.56 bits per heavy atom. The Morgan fingerprint density at radius 2 is 1.89 bits per heavy atom. The lowest BCUT2D eigenvalue weighted by Gasteiger charge is -2.11. The molecular weight excluding hydrogens is 374 g/mol. The topological polar surface area (TPSA) is 48.1 Å². The molecule has 0 spiro atoms. The maximum absolute atomic E-state index is 13.5. The molecule has 2 aromatic rings. The zero-order valence-electron chi connectivity index (χ0n) is 8.75. The highest BCUT2D eigenvalue weighted by atomic mass is 79.9. The van der Waals surface area contributed by atoms with Crippen molar-refractivity contribution in [2.24, 2.45) is 0 Å². The predicted molar refractivity (Wildman–Crippen MR) is 70.5 cm³/mol. The molecule has 7 heteroatoms. The normalized spacial score (nSPS) is 10.4. The summed E-state index contributed by atoms with van der Waals surface area (Å²) in [7, 11) is 0. The van der Waals surface area contributed by atoms with Gasteiger partial charge in [0.25, 0.3) is 0 Å². The lowest BCUT2D eigenvalue weighted by molar-refractivity contribution is 0.415.